The van der Waals surface area contributed by atoms with Gasteiger partial charge < -0.3 is 15.4 Å². The van der Waals surface area contributed by atoms with E-state index in [9.17, 15) is 19.7 Å². The summed E-state index contributed by atoms with van der Waals surface area (Å²) >= 11 is 0. The zero-order valence-electron chi connectivity index (χ0n) is 15.1. The molecule has 8 nitrogen and oxygen atoms in total. The van der Waals surface area contributed by atoms with Gasteiger partial charge in [0.2, 0.25) is 0 Å². The number of anilines is 2. The smallest absolute Gasteiger partial charge is 0.338 e. The second kappa shape index (κ2) is 9.33. The van der Waals surface area contributed by atoms with Crippen LogP contribution < -0.4 is 10.6 Å². The fraction of sp³-hybridized carbons (Fsp3) is 0.263. The molecular formula is C19H21N3O5. The summed E-state index contributed by atoms with van der Waals surface area (Å²) in [5, 5.41) is 17.0. The van der Waals surface area contributed by atoms with E-state index in [1.165, 1.54) is 12.1 Å². The van der Waals surface area contributed by atoms with E-state index in [0.29, 0.717) is 5.69 Å². The summed E-state index contributed by atoms with van der Waals surface area (Å²) < 4.78 is 4.93. The van der Waals surface area contributed by atoms with E-state index in [-0.39, 0.29) is 23.0 Å². The number of para-hydroxylation sites is 1. The third-order valence-electron chi connectivity index (χ3n) is 3.84. The highest BCUT2D eigenvalue weighted by Gasteiger charge is 2.19. The summed E-state index contributed by atoms with van der Waals surface area (Å²) in [5.74, 6) is -1.22. The van der Waals surface area contributed by atoms with Gasteiger partial charge in [-0.1, -0.05) is 25.1 Å². The molecule has 0 aliphatic rings. The predicted molar refractivity (Wildman–Crippen MR) is 101 cm³/mol. The van der Waals surface area contributed by atoms with Gasteiger partial charge in [-0.05, 0) is 37.6 Å². The van der Waals surface area contributed by atoms with Gasteiger partial charge in [0, 0.05) is 17.8 Å². The molecule has 8 heteroatoms. The first-order valence-electron chi connectivity index (χ1n) is 8.47. The van der Waals surface area contributed by atoms with E-state index in [2.05, 4.69) is 10.6 Å². The number of carbonyl (C=O) groups is 2. The van der Waals surface area contributed by atoms with E-state index in [1.807, 2.05) is 19.9 Å². The lowest BCUT2D eigenvalue weighted by Gasteiger charge is -2.12. The topological polar surface area (TPSA) is 111 Å². The van der Waals surface area contributed by atoms with Crippen molar-refractivity contribution in [1.29, 1.82) is 0 Å². The molecule has 0 spiro atoms. The number of carbonyl (C=O) groups excluding carboxylic acids is 2. The Morgan fingerprint density at radius 1 is 1.19 bits per heavy atom. The van der Waals surface area contributed by atoms with E-state index in [4.69, 9.17) is 4.74 Å². The molecule has 0 radical (unpaired) electrons. The Hall–Kier alpha value is -3.42. The molecular weight excluding hydrogens is 350 g/mol. The van der Waals surface area contributed by atoms with Crippen LogP contribution in [0.1, 0.15) is 30.6 Å². The summed E-state index contributed by atoms with van der Waals surface area (Å²) in [6, 6.07) is 12.9. The number of hydrogen-bond donors (Lipinski definition) is 2. The number of amides is 1. The van der Waals surface area contributed by atoms with Gasteiger partial charge in [-0.15, -0.1) is 0 Å². The van der Waals surface area contributed by atoms with Gasteiger partial charge in [-0.3, -0.25) is 14.9 Å². The quantitative estimate of drug-likeness (QED) is 0.418. The van der Waals surface area contributed by atoms with Crippen LogP contribution in [0.2, 0.25) is 0 Å². The number of hydrogen-bond acceptors (Lipinski definition) is 6. The second-order valence-corrected chi connectivity index (χ2v) is 5.93. The van der Waals surface area contributed by atoms with E-state index >= 15 is 0 Å². The first kappa shape index (κ1) is 19.9. The fourth-order valence-electron chi connectivity index (χ4n) is 2.23. The van der Waals surface area contributed by atoms with Crippen molar-refractivity contribution in [3.05, 3.63) is 64.2 Å². The molecule has 1 amide bonds. The SMILES string of the molecule is CC[C@@H](C)NC(=O)COC(=O)c1ccc(Nc2ccccc2)c([N+](=O)[O-])c1. The third kappa shape index (κ3) is 5.81. The molecule has 0 saturated carbocycles. The van der Waals surface area contributed by atoms with Gasteiger partial charge >= 0.3 is 5.97 Å². The molecule has 0 bridgehead atoms. The number of esters is 1. The van der Waals surface area contributed by atoms with Gasteiger partial charge in [-0.2, -0.15) is 0 Å². The monoisotopic (exact) mass is 371 g/mol. The molecule has 0 heterocycles. The molecule has 0 saturated heterocycles. The standard InChI is InChI=1S/C19H21N3O5/c1-3-13(2)20-18(23)12-27-19(24)14-9-10-16(17(11-14)22(25)26)21-15-7-5-4-6-8-15/h4-11,13,21H,3,12H2,1-2H3,(H,20,23)/t13-/m1/s1. The molecule has 142 valence electrons. The van der Waals surface area contributed by atoms with Crippen LogP contribution in [0, 0.1) is 10.1 Å². The number of nitro groups is 1. The summed E-state index contributed by atoms with van der Waals surface area (Å²) in [4.78, 5) is 34.5. The Bertz CT molecular complexity index is 823. The predicted octanol–water partition coefficient (Wildman–Crippen LogP) is 3.41. The normalized spacial score (nSPS) is 11.3. The molecule has 2 aromatic carbocycles. The Kier molecular flexibility index (Phi) is 6.87. The number of benzene rings is 2. The maximum atomic E-state index is 12.1. The molecule has 0 fully saturated rings. The average molecular weight is 371 g/mol. The molecule has 1 atom stereocenters. The van der Waals surface area contributed by atoms with E-state index in [1.54, 1.807) is 24.3 Å². The van der Waals surface area contributed by atoms with Crippen LogP contribution in [0.4, 0.5) is 17.1 Å². The molecule has 27 heavy (non-hydrogen) atoms. The van der Waals surface area contributed by atoms with Crippen molar-refractivity contribution in [2.24, 2.45) is 0 Å². The van der Waals surface area contributed by atoms with Crippen LogP contribution in [0.25, 0.3) is 0 Å². The van der Waals surface area contributed by atoms with Crippen LogP contribution >= 0.6 is 0 Å². The minimum Gasteiger partial charge on any atom is -0.452 e. The van der Waals surface area contributed by atoms with Crippen molar-refractivity contribution >= 4 is 28.9 Å². The lowest BCUT2D eigenvalue weighted by Crippen LogP contribution is -2.35. The summed E-state index contributed by atoms with van der Waals surface area (Å²) in [7, 11) is 0. The molecule has 0 aliphatic heterocycles. The Morgan fingerprint density at radius 2 is 1.89 bits per heavy atom. The van der Waals surface area contributed by atoms with Crippen LogP contribution in [0.15, 0.2) is 48.5 Å². The first-order valence-corrected chi connectivity index (χ1v) is 8.47. The first-order chi connectivity index (χ1) is 12.9. The van der Waals surface area contributed by atoms with Gasteiger partial charge in [0.1, 0.15) is 5.69 Å². The number of nitro benzene ring substituents is 1. The molecule has 2 aromatic rings. The van der Waals surface area contributed by atoms with Crippen LogP contribution in [-0.2, 0) is 9.53 Å². The average Bonchev–Trinajstić information content (AvgIpc) is 2.66. The molecule has 0 aromatic heterocycles. The van der Waals surface area contributed by atoms with Crippen molar-refractivity contribution in [3.63, 3.8) is 0 Å². The van der Waals surface area contributed by atoms with Crippen molar-refractivity contribution in [1.82, 2.24) is 5.32 Å². The lowest BCUT2D eigenvalue weighted by molar-refractivity contribution is -0.383. The molecule has 2 rings (SSSR count). The summed E-state index contributed by atoms with van der Waals surface area (Å²) in [6.07, 6.45) is 0.752. The number of nitrogens with zero attached hydrogens (tertiary/aromatic N) is 1. The van der Waals surface area contributed by atoms with Gasteiger partial charge in [0.15, 0.2) is 6.61 Å². The third-order valence-corrected chi connectivity index (χ3v) is 3.84. The summed E-state index contributed by atoms with van der Waals surface area (Å²) in [6.45, 7) is 3.31. The van der Waals surface area contributed by atoms with E-state index in [0.717, 1.165) is 12.5 Å². The largest absolute Gasteiger partial charge is 0.452 e. The Morgan fingerprint density at radius 3 is 2.52 bits per heavy atom. The lowest BCUT2D eigenvalue weighted by atomic mass is 10.1. The number of ether oxygens (including phenoxy) is 1. The number of nitrogens with one attached hydrogen (secondary N) is 2. The van der Waals surface area contributed by atoms with Crippen molar-refractivity contribution in [3.8, 4) is 0 Å². The maximum Gasteiger partial charge on any atom is 0.338 e. The van der Waals surface area contributed by atoms with Crippen LogP contribution in [0.5, 0.6) is 0 Å². The number of rotatable bonds is 8. The Labute approximate surface area is 156 Å². The highest BCUT2D eigenvalue weighted by atomic mass is 16.6. The zero-order valence-corrected chi connectivity index (χ0v) is 15.1. The van der Waals surface area contributed by atoms with Crippen LogP contribution in [0.3, 0.4) is 0 Å². The van der Waals surface area contributed by atoms with Crippen molar-refractivity contribution < 1.29 is 19.2 Å². The highest BCUT2D eigenvalue weighted by molar-refractivity contribution is 5.93. The van der Waals surface area contributed by atoms with Crippen molar-refractivity contribution in [2.45, 2.75) is 26.3 Å². The van der Waals surface area contributed by atoms with Gasteiger partial charge in [0.25, 0.3) is 11.6 Å². The second-order valence-electron chi connectivity index (χ2n) is 5.93. The minimum atomic E-state index is -0.802. The molecule has 0 aliphatic carbocycles. The fourth-order valence-corrected chi connectivity index (χ4v) is 2.23. The van der Waals surface area contributed by atoms with Crippen molar-refractivity contribution in [2.75, 3.05) is 11.9 Å². The van der Waals surface area contributed by atoms with Gasteiger partial charge in [-0.25, -0.2) is 4.79 Å². The summed E-state index contributed by atoms with van der Waals surface area (Å²) in [5.41, 5.74) is 0.656. The molecule has 2 N–H and O–H groups in total. The Balaban J connectivity index is 2.09. The highest BCUT2D eigenvalue weighted by Crippen LogP contribution is 2.28. The maximum absolute atomic E-state index is 12.1. The zero-order chi connectivity index (χ0) is 19.8. The minimum absolute atomic E-state index is 0.00310. The van der Waals surface area contributed by atoms with Gasteiger partial charge in [0.05, 0.1) is 10.5 Å². The van der Waals surface area contributed by atoms with Crippen LogP contribution in [-0.4, -0.2) is 29.4 Å². The molecule has 0 unspecified atom stereocenters. The van der Waals surface area contributed by atoms with E-state index < -0.39 is 23.4 Å².